The molecule has 0 bridgehead atoms. The van der Waals surface area contributed by atoms with Crippen LogP contribution in [0.4, 0.5) is 13.2 Å². The summed E-state index contributed by atoms with van der Waals surface area (Å²) in [6, 6.07) is 5.41. The maximum Gasteiger partial charge on any atom is 0.573 e. The average Bonchev–Trinajstić information content (AvgIpc) is 2.84. The Hall–Kier alpha value is -1.47. The first-order valence-electron chi connectivity index (χ1n) is 7.32. The molecule has 1 aliphatic heterocycles. The summed E-state index contributed by atoms with van der Waals surface area (Å²) >= 11 is 0. The van der Waals surface area contributed by atoms with Crippen molar-refractivity contribution in [1.29, 1.82) is 0 Å². The largest absolute Gasteiger partial charge is 0.573 e. The smallest absolute Gasteiger partial charge is 0.488 e. The van der Waals surface area contributed by atoms with Crippen LogP contribution >= 0.6 is 0 Å². The third-order valence-corrected chi connectivity index (χ3v) is 4.31. The number of benzene rings is 1. The fourth-order valence-electron chi connectivity index (χ4n) is 3.30. The Morgan fingerprint density at radius 2 is 1.77 bits per heavy atom. The Bertz CT molecular complexity index is 523. The molecule has 3 rings (SSSR count). The van der Waals surface area contributed by atoms with Crippen molar-refractivity contribution >= 4 is 0 Å². The first-order valence-corrected chi connectivity index (χ1v) is 7.32. The summed E-state index contributed by atoms with van der Waals surface area (Å²) in [5, 5.41) is 13.5. The van der Waals surface area contributed by atoms with E-state index in [-0.39, 0.29) is 11.5 Å². The van der Waals surface area contributed by atoms with Crippen LogP contribution in [0.2, 0.25) is 0 Å². The van der Waals surface area contributed by atoms with Gasteiger partial charge in [0.05, 0.1) is 6.10 Å². The number of fused-ring (bicyclic) bond motifs is 1. The number of rotatable bonds is 3. The minimum atomic E-state index is -4.73. The molecule has 0 amide bonds. The van der Waals surface area contributed by atoms with Crippen molar-refractivity contribution in [3.8, 4) is 11.5 Å². The van der Waals surface area contributed by atoms with Crippen molar-refractivity contribution in [3.05, 3.63) is 24.3 Å². The van der Waals surface area contributed by atoms with Crippen LogP contribution in [0.15, 0.2) is 24.3 Å². The van der Waals surface area contributed by atoms with Gasteiger partial charge in [0.1, 0.15) is 17.6 Å². The molecule has 1 aromatic carbocycles. The molecule has 2 aliphatic rings. The van der Waals surface area contributed by atoms with E-state index in [2.05, 4.69) is 10.1 Å². The Balaban J connectivity index is 1.66. The fraction of sp³-hybridized carbons (Fsp3) is 0.600. The van der Waals surface area contributed by atoms with Crippen molar-refractivity contribution in [2.45, 2.75) is 31.4 Å². The van der Waals surface area contributed by atoms with E-state index in [9.17, 15) is 18.3 Å². The Morgan fingerprint density at radius 3 is 2.50 bits per heavy atom. The summed E-state index contributed by atoms with van der Waals surface area (Å²) in [6.07, 6.45) is -4.38. The molecule has 4 atom stereocenters. The third kappa shape index (κ3) is 3.64. The molecule has 2 fully saturated rings. The van der Waals surface area contributed by atoms with Crippen LogP contribution in [0, 0.1) is 11.8 Å². The molecule has 1 heterocycles. The van der Waals surface area contributed by atoms with Gasteiger partial charge in [-0.2, -0.15) is 0 Å². The van der Waals surface area contributed by atoms with Gasteiger partial charge in [-0.15, -0.1) is 13.2 Å². The van der Waals surface area contributed by atoms with Gasteiger partial charge in [0.15, 0.2) is 0 Å². The normalized spacial score (nSPS) is 31.6. The number of aliphatic hydroxyl groups excluding tert-OH is 1. The maximum absolute atomic E-state index is 12.2. The number of hydrogen-bond acceptors (Lipinski definition) is 4. The van der Waals surface area contributed by atoms with E-state index in [0.29, 0.717) is 24.7 Å². The van der Waals surface area contributed by atoms with Crippen molar-refractivity contribution in [2.75, 3.05) is 13.1 Å². The van der Waals surface area contributed by atoms with Crippen LogP contribution in [0.3, 0.4) is 0 Å². The minimum absolute atomic E-state index is 0.273. The fourth-order valence-corrected chi connectivity index (χ4v) is 3.30. The number of aliphatic hydroxyl groups is 1. The lowest BCUT2D eigenvalue weighted by Crippen LogP contribution is -2.42. The molecule has 0 spiro atoms. The van der Waals surface area contributed by atoms with Gasteiger partial charge in [-0.25, -0.2) is 0 Å². The van der Waals surface area contributed by atoms with Crippen molar-refractivity contribution < 1.29 is 27.8 Å². The number of alkyl halides is 3. The Kier molecular flexibility index (Phi) is 4.18. The van der Waals surface area contributed by atoms with E-state index in [1.807, 2.05) is 0 Å². The second kappa shape index (κ2) is 5.96. The molecular weight excluding hydrogens is 299 g/mol. The Morgan fingerprint density at radius 1 is 1.09 bits per heavy atom. The summed E-state index contributed by atoms with van der Waals surface area (Å²) in [5.41, 5.74) is 0. The van der Waals surface area contributed by atoms with Gasteiger partial charge in [0.25, 0.3) is 0 Å². The van der Waals surface area contributed by atoms with E-state index < -0.39 is 18.6 Å². The molecule has 122 valence electrons. The molecule has 0 aromatic heterocycles. The van der Waals surface area contributed by atoms with E-state index in [1.165, 1.54) is 18.2 Å². The highest BCUT2D eigenvalue weighted by Gasteiger charge is 2.40. The quantitative estimate of drug-likeness (QED) is 0.898. The molecule has 2 N–H and O–H groups in total. The zero-order valence-corrected chi connectivity index (χ0v) is 11.8. The monoisotopic (exact) mass is 317 g/mol. The molecule has 0 unspecified atom stereocenters. The molecule has 1 aromatic rings. The maximum atomic E-state index is 12.2. The van der Waals surface area contributed by atoms with Crippen molar-refractivity contribution in [3.63, 3.8) is 0 Å². The van der Waals surface area contributed by atoms with Crippen LogP contribution in [0.25, 0.3) is 0 Å². The molecule has 7 heteroatoms. The van der Waals surface area contributed by atoms with Crippen LogP contribution in [-0.4, -0.2) is 36.8 Å². The van der Waals surface area contributed by atoms with Gasteiger partial charge >= 0.3 is 6.36 Å². The predicted octanol–water partition coefficient (Wildman–Crippen LogP) is 2.32. The summed E-state index contributed by atoms with van der Waals surface area (Å²) in [7, 11) is 0. The second-order valence-electron chi connectivity index (χ2n) is 5.90. The van der Waals surface area contributed by atoms with E-state index >= 15 is 0 Å². The van der Waals surface area contributed by atoms with Gasteiger partial charge in [0, 0.05) is 6.07 Å². The second-order valence-corrected chi connectivity index (χ2v) is 5.90. The summed E-state index contributed by atoms with van der Waals surface area (Å²) in [6.45, 7) is 1.80. The molecule has 1 saturated heterocycles. The number of nitrogens with one attached hydrogen (secondary N) is 1. The van der Waals surface area contributed by atoms with Gasteiger partial charge in [-0.3, -0.25) is 0 Å². The van der Waals surface area contributed by atoms with Crippen LogP contribution < -0.4 is 14.8 Å². The molecule has 22 heavy (non-hydrogen) atoms. The first kappa shape index (κ1) is 15.4. The van der Waals surface area contributed by atoms with Gasteiger partial charge in [-0.1, -0.05) is 6.07 Å². The standard InChI is InChI=1S/C15H18F3NO3/c16-15(17,18)22-12-3-1-2-11(6-12)21-14-5-10-8-19-7-9(10)4-13(14)20/h1-3,6,9-10,13-14,19-20H,4-5,7-8H2/t9-,10+,13+,14+/m0/s1. The lowest BCUT2D eigenvalue weighted by atomic mass is 9.78. The van der Waals surface area contributed by atoms with E-state index in [4.69, 9.17) is 4.74 Å². The Labute approximate surface area is 126 Å². The van der Waals surface area contributed by atoms with Crippen molar-refractivity contribution in [2.24, 2.45) is 11.8 Å². The van der Waals surface area contributed by atoms with E-state index in [1.54, 1.807) is 6.07 Å². The third-order valence-electron chi connectivity index (χ3n) is 4.31. The highest BCUT2D eigenvalue weighted by Crippen LogP contribution is 2.35. The minimum Gasteiger partial charge on any atom is -0.488 e. The van der Waals surface area contributed by atoms with Crippen LogP contribution in [-0.2, 0) is 0 Å². The van der Waals surface area contributed by atoms with Crippen LogP contribution in [0.1, 0.15) is 12.8 Å². The van der Waals surface area contributed by atoms with E-state index in [0.717, 1.165) is 13.1 Å². The first-order chi connectivity index (χ1) is 10.4. The lowest BCUT2D eigenvalue weighted by molar-refractivity contribution is -0.274. The molecule has 4 nitrogen and oxygen atoms in total. The predicted molar refractivity (Wildman–Crippen MR) is 72.6 cm³/mol. The molecule has 0 radical (unpaired) electrons. The number of halogens is 3. The summed E-state index contributed by atoms with van der Waals surface area (Å²) < 4.78 is 46.3. The van der Waals surface area contributed by atoms with Crippen molar-refractivity contribution in [1.82, 2.24) is 5.32 Å². The molecule has 1 aliphatic carbocycles. The van der Waals surface area contributed by atoms with Gasteiger partial charge in [-0.05, 0) is 49.9 Å². The molecular formula is C15H18F3NO3. The topological polar surface area (TPSA) is 50.7 Å². The lowest BCUT2D eigenvalue weighted by Gasteiger charge is -2.35. The zero-order valence-electron chi connectivity index (χ0n) is 11.8. The van der Waals surface area contributed by atoms with Crippen LogP contribution in [0.5, 0.6) is 11.5 Å². The highest BCUT2D eigenvalue weighted by molar-refractivity contribution is 5.33. The summed E-state index contributed by atoms with van der Waals surface area (Å²) in [5.74, 6) is 0.851. The van der Waals surface area contributed by atoms with Gasteiger partial charge < -0.3 is 19.9 Å². The zero-order chi connectivity index (χ0) is 15.7. The number of hydrogen-bond donors (Lipinski definition) is 2. The number of ether oxygens (including phenoxy) is 2. The highest BCUT2D eigenvalue weighted by atomic mass is 19.4. The SMILES string of the molecule is O[C@@H]1C[C@H]2CNC[C@H]2C[C@H]1Oc1cccc(OC(F)(F)F)c1. The van der Waals surface area contributed by atoms with Gasteiger partial charge in [0.2, 0.25) is 0 Å². The summed E-state index contributed by atoms with van der Waals surface area (Å²) in [4.78, 5) is 0. The molecule has 1 saturated carbocycles. The average molecular weight is 317 g/mol.